The Bertz CT molecular complexity index is 945. The van der Waals surface area contributed by atoms with E-state index in [9.17, 15) is 22.4 Å². The number of cyclic esters (lactones) is 1. The molecule has 0 saturated carbocycles. The fraction of sp³-hybridized carbons (Fsp3) is 0.412. The number of carbonyl (C=O) groups excluding carboxylic acids is 1. The molecular weight excluding hydrogens is 430 g/mol. The number of ether oxygens (including phenoxy) is 1. The summed E-state index contributed by atoms with van der Waals surface area (Å²) in [4.78, 5) is 28.3. The summed E-state index contributed by atoms with van der Waals surface area (Å²) in [5.41, 5.74) is 0.705. The third-order valence-corrected chi connectivity index (χ3v) is 4.31. The van der Waals surface area contributed by atoms with Crippen LogP contribution in [0.2, 0.25) is 0 Å². The largest absolute Gasteiger partial charge is 0.490 e. The number of benzene rings is 1. The van der Waals surface area contributed by atoms with Gasteiger partial charge in [0.05, 0.1) is 12.1 Å². The third kappa shape index (κ3) is 5.39. The molecule has 2 aliphatic rings. The van der Waals surface area contributed by atoms with Crippen molar-refractivity contribution in [1.29, 1.82) is 0 Å². The van der Waals surface area contributed by atoms with Gasteiger partial charge in [-0.25, -0.2) is 14.0 Å². The van der Waals surface area contributed by atoms with Crippen LogP contribution in [0.25, 0.3) is 11.5 Å². The van der Waals surface area contributed by atoms with Crippen molar-refractivity contribution < 1.29 is 41.5 Å². The third-order valence-electron chi connectivity index (χ3n) is 4.31. The topological polar surface area (TPSA) is 121 Å². The SMILES string of the molecule is O=C(O)C(F)(F)F.O=C1OCCN1c1ccc(F)c(-c2nc(N3CCNCC3)no2)c1. The second-order valence-electron chi connectivity index (χ2n) is 6.37. The van der Waals surface area contributed by atoms with Crippen LogP contribution >= 0.6 is 0 Å². The fourth-order valence-corrected chi connectivity index (χ4v) is 2.79. The molecule has 0 aliphatic carbocycles. The lowest BCUT2D eigenvalue weighted by Gasteiger charge is -2.25. The van der Waals surface area contributed by atoms with E-state index in [0.29, 0.717) is 24.8 Å². The minimum atomic E-state index is -5.08. The molecule has 0 atom stereocenters. The molecule has 2 saturated heterocycles. The smallest absolute Gasteiger partial charge is 0.475 e. The van der Waals surface area contributed by atoms with Crippen LogP contribution in [0.3, 0.4) is 0 Å². The Morgan fingerprint density at radius 2 is 1.87 bits per heavy atom. The zero-order valence-corrected chi connectivity index (χ0v) is 15.9. The van der Waals surface area contributed by atoms with Crippen molar-refractivity contribution in [1.82, 2.24) is 15.5 Å². The minimum absolute atomic E-state index is 0.0930. The number of aliphatic carboxylic acids is 1. The Hall–Kier alpha value is -3.42. The molecule has 0 bridgehead atoms. The molecule has 10 nitrogen and oxygen atoms in total. The zero-order valence-electron chi connectivity index (χ0n) is 15.9. The molecule has 0 radical (unpaired) electrons. The minimum Gasteiger partial charge on any atom is -0.475 e. The van der Waals surface area contributed by atoms with Gasteiger partial charge in [0.2, 0.25) is 0 Å². The van der Waals surface area contributed by atoms with Crippen LogP contribution in [0.4, 0.5) is 34.0 Å². The van der Waals surface area contributed by atoms with E-state index in [1.54, 1.807) is 0 Å². The van der Waals surface area contributed by atoms with E-state index >= 15 is 0 Å². The summed E-state index contributed by atoms with van der Waals surface area (Å²) in [5, 5.41) is 14.3. The highest BCUT2D eigenvalue weighted by Gasteiger charge is 2.38. The average molecular weight is 447 g/mol. The molecule has 14 heteroatoms. The molecule has 1 aromatic heterocycles. The lowest BCUT2D eigenvalue weighted by Crippen LogP contribution is -2.44. The monoisotopic (exact) mass is 447 g/mol. The number of carbonyl (C=O) groups is 2. The van der Waals surface area contributed by atoms with Gasteiger partial charge in [-0.15, -0.1) is 0 Å². The first kappa shape index (κ1) is 22.3. The zero-order chi connectivity index (χ0) is 22.6. The quantitative estimate of drug-likeness (QED) is 0.680. The number of halogens is 4. The van der Waals surface area contributed by atoms with Crippen molar-refractivity contribution in [2.24, 2.45) is 0 Å². The van der Waals surface area contributed by atoms with Crippen molar-refractivity contribution >= 4 is 23.7 Å². The summed E-state index contributed by atoms with van der Waals surface area (Å²) in [6, 6.07) is 4.33. The van der Waals surface area contributed by atoms with Gasteiger partial charge >= 0.3 is 18.2 Å². The normalized spacial score (nSPS) is 16.6. The number of piperazine rings is 1. The highest BCUT2D eigenvalue weighted by Crippen LogP contribution is 2.29. The van der Waals surface area contributed by atoms with Gasteiger partial charge in [0.25, 0.3) is 11.8 Å². The first-order chi connectivity index (χ1) is 14.7. The summed E-state index contributed by atoms with van der Waals surface area (Å²) in [7, 11) is 0. The molecule has 168 valence electrons. The van der Waals surface area contributed by atoms with Crippen LogP contribution in [0, 0.1) is 5.82 Å². The number of carboxylic acids is 1. The summed E-state index contributed by atoms with van der Waals surface area (Å²) >= 11 is 0. The number of hydrogen-bond acceptors (Lipinski definition) is 8. The van der Waals surface area contributed by atoms with Crippen LogP contribution in [0.1, 0.15) is 0 Å². The highest BCUT2D eigenvalue weighted by atomic mass is 19.4. The van der Waals surface area contributed by atoms with E-state index in [4.69, 9.17) is 19.2 Å². The number of amides is 1. The molecule has 4 rings (SSSR count). The number of rotatable bonds is 3. The Balaban J connectivity index is 0.000000339. The Morgan fingerprint density at radius 1 is 1.19 bits per heavy atom. The average Bonchev–Trinajstić information content (AvgIpc) is 3.38. The molecule has 2 N–H and O–H groups in total. The van der Waals surface area contributed by atoms with Crippen LogP contribution in [0.5, 0.6) is 0 Å². The lowest BCUT2D eigenvalue weighted by atomic mass is 10.1. The van der Waals surface area contributed by atoms with Gasteiger partial charge in [-0.2, -0.15) is 18.2 Å². The van der Waals surface area contributed by atoms with E-state index in [2.05, 4.69) is 15.5 Å². The van der Waals surface area contributed by atoms with Gasteiger partial charge in [0.15, 0.2) is 0 Å². The number of hydrogen-bond donors (Lipinski definition) is 2. The van der Waals surface area contributed by atoms with Gasteiger partial charge in [-0.1, -0.05) is 0 Å². The Labute approximate surface area is 172 Å². The number of aromatic nitrogens is 2. The van der Waals surface area contributed by atoms with E-state index in [0.717, 1.165) is 26.2 Å². The standard InChI is InChI=1S/C15H16FN5O3.C2HF3O2/c16-12-2-1-10(21-7-8-23-15(21)22)9-11(12)13-18-14(19-24-13)20-5-3-17-4-6-20;3-2(4,5)1(6)7/h1-2,9,17H,3-8H2;(H,6,7). The molecule has 3 heterocycles. The van der Waals surface area contributed by atoms with Gasteiger partial charge in [-0.05, 0) is 23.4 Å². The first-order valence-corrected chi connectivity index (χ1v) is 9.00. The summed E-state index contributed by atoms with van der Waals surface area (Å²) in [6.45, 7) is 3.96. The summed E-state index contributed by atoms with van der Waals surface area (Å²) in [5.74, 6) is -2.71. The molecule has 1 aromatic carbocycles. The molecule has 2 aromatic rings. The maximum atomic E-state index is 14.2. The highest BCUT2D eigenvalue weighted by molar-refractivity contribution is 5.90. The van der Waals surface area contributed by atoms with Crippen LogP contribution in [0.15, 0.2) is 22.7 Å². The number of carboxylic acid groups (broad SMARTS) is 1. The first-order valence-electron chi connectivity index (χ1n) is 9.00. The van der Waals surface area contributed by atoms with Crippen molar-refractivity contribution in [3.63, 3.8) is 0 Å². The van der Waals surface area contributed by atoms with Crippen molar-refractivity contribution in [3.8, 4) is 11.5 Å². The molecule has 0 unspecified atom stereocenters. The number of anilines is 2. The van der Waals surface area contributed by atoms with Crippen molar-refractivity contribution in [2.45, 2.75) is 6.18 Å². The second kappa shape index (κ2) is 9.16. The van der Waals surface area contributed by atoms with E-state index in [-0.39, 0.29) is 11.5 Å². The van der Waals surface area contributed by atoms with E-state index < -0.39 is 24.1 Å². The Morgan fingerprint density at radius 3 is 2.45 bits per heavy atom. The predicted molar refractivity (Wildman–Crippen MR) is 97.2 cm³/mol. The van der Waals surface area contributed by atoms with Crippen LogP contribution in [-0.2, 0) is 9.53 Å². The van der Waals surface area contributed by atoms with Gasteiger partial charge < -0.3 is 24.6 Å². The van der Waals surface area contributed by atoms with Crippen molar-refractivity contribution in [2.75, 3.05) is 49.1 Å². The summed E-state index contributed by atoms with van der Waals surface area (Å²) < 4.78 is 56.1. The van der Waals surface area contributed by atoms with E-state index in [1.165, 1.54) is 23.1 Å². The van der Waals surface area contributed by atoms with Crippen molar-refractivity contribution in [3.05, 3.63) is 24.0 Å². The molecule has 0 spiro atoms. The maximum Gasteiger partial charge on any atom is 0.490 e. The fourth-order valence-electron chi connectivity index (χ4n) is 2.79. The molecule has 2 aliphatic heterocycles. The van der Waals surface area contributed by atoms with Gasteiger partial charge in [0.1, 0.15) is 12.4 Å². The lowest BCUT2D eigenvalue weighted by molar-refractivity contribution is -0.192. The number of nitrogens with zero attached hydrogens (tertiary/aromatic N) is 4. The molecule has 31 heavy (non-hydrogen) atoms. The molecule has 2 fully saturated rings. The number of nitrogens with one attached hydrogen (secondary N) is 1. The van der Waals surface area contributed by atoms with Gasteiger partial charge in [-0.3, -0.25) is 4.90 Å². The molecule has 1 amide bonds. The maximum absolute atomic E-state index is 14.2. The summed E-state index contributed by atoms with van der Waals surface area (Å²) in [6.07, 6.45) is -5.53. The number of alkyl halides is 3. The Kier molecular flexibility index (Phi) is 6.58. The van der Waals surface area contributed by atoms with Crippen LogP contribution < -0.4 is 15.1 Å². The van der Waals surface area contributed by atoms with Crippen LogP contribution in [-0.4, -0.2) is 72.8 Å². The molecular formula is C17H17F4N5O5. The van der Waals surface area contributed by atoms with Gasteiger partial charge in [0, 0.05) is 31.9 Å². The second-order valence-corrected chi connectivity index (χ2v) is 6.37. The van der Waals surface area contributed by atoms with E-state index in [1.807, 2.05) is 4.90 Å². The predicted octanol–water partition coefficient (Wildman–Crippen LogP) is 1.88.